The zero-order valence-electron chi connectivity index (χ0n) is 9.37. The zero-order valence-corrected chi connectivity index (χ0v) is 9.37. The van der Waals surface area contributed by atoms with E-state index in [1.807, 2.05) is 38.1 Å². The van der Waals surface area contributed by atoms with Crippen LogP contribution >= 0.6 is 0 Å². The Morgan fingerprint density at radius 2 is 1.93 bits per heavy atom. The van der Waals surface area contributed by atoms with Crippen LogP contribution in [0.25, 0.3) is 0 Å². The van der Waals surface area contributed by atoms with Crippen molar-refractivity contribution in [1.82, 2.24) is 0 Å². The second kappa shape index (κ2) is 4.70. The number of methoxy groups -OCH3 is 1. The summed E-state index contributed by atoms with van der Waals surface area (Å²) in [5.41, 5.74) is 0.652. The van der Waals surface area contributed by atoms with Crippen molar-refractivity contribution in [3.63, 3.8) is 0 Å². The largest absolute Gasteiger partial charge is 0.497 e. The van der Waals surface area contributed by atoms with Gasteiger partial charge in [-0.25, -0.2) is 0 Å². The molecule has 1 aromatic rings. The highest BCUT2D eigenvalue weighted by molar-refractivity contribution is 5.46. The van der Waals surface area contributed by atoms with E-state index in [4.69, 9.17) is 10.00 Å². The van der Waals surface area contributed by atoms with Crippen LogP contribution in [0.1, 0.15) is 13.8 Å². The minimum atomic E-state index is -0.347. The van der Waals surface area contributed by atoms with Gasteiger partial charge in [0.15, 0.2) is 0 Å². The van der Waals surface area contributed by atoms with Gasteiger partial charge in [-0.2, -0.15) is 5.26 Å². The van der Waals surface area contributed by atoms with E-state index in [1.54, 1.807) is 7.11 Å². The molecule has 3 heteroatoms. The van der Waals surface area contributed by atoms with Crippen molar-refractivity contribution in [2.75, 3.05) is 19.0 Å². The second-order valence-corrected chi connectivity index (χ2v) is 4.08. The van der Waals surface area contributed by atoms with Gasteiger partial charge < -0.3 is 10.1 Å². The van der Waals surface area contributed by atoms with Gasteiger partial charge in [-0.15, -0.1) is 0 Å². The summed E-state index contributed by atoms with van der Waals surface area (Å²) in [6, 6.07) is 9.90. The van der Waals surface area contributed by atoms with Crippen molar-refractivity contribution >= 4 is 5.69 Å². The molecule has 0 fully saturated rings. The van der Waals surface area contributed by atoms with Gasteiger partial charge in [0, 0.05) is 12.2 Å². The third-order valence-corrected chi connectivity index (χ3v) is 2.13. The Bertz CT molecular complexity index is 349. The Hall–Kier alpha value is -1.69. The summed E-state index contributed by atoms with van der Waals surface area (Å²) >= 11 is 0. The SMILES string of the molecule is COc1ccc(NCC(C)(C)C#N)cc1. The molecule has 80 valence electrons. The summed E-state index contributed by atoms with van der Waals surface area (Å²) in [6.07, 6.45) is 0. The minimum absolute atomic E-state index is 0.347. The van der Waals surface area contributed by atoms with E-state index in [-0.39, 0.29) is 5.41 Å². The molecule has 0 saturated heterocycles. The Kier molecular flexibility index (Phi) is 3.56. The normalized spacial score (nSPS) is 10.5. The van der Waals surface area contributed by atoms with Crippen molar-refractivity contribution in [2.45, 2.75) is 13.8 Å². The van der Waals surface area contributed by atoms with Crippen molar-refractivity contribution in [1.29, 1.82) is 5.26 Å². The molecule has 0 aliphatic rings. The fraction of sp³-hybridized carbons (Fsp3) is 0.417. The maximum Gasteiger partial charge on any atom is 0.119 e. The molecular weight excluding hydrogens is 188 g/mol. The van der Waals surface area contributed by atoms with E-state index in [9.17, 15) is 0 Å². The maximum atomic E-state index is 8.84. The van der Waals surface area contributed by atoms with Crippen molar-refractivity contribution in [3.8, 4) is 11.8 Å². The van der Waals surface area contributed by atoms with Gasteiger partial charge in [0.1, 0.15) is 5.75 Å². The first kappa shape index (κ1) is 11.4. The van der Waals surface area contributed by atoms with Crippen LogP contribution in [0, 0.1) is 16.7 Å². The van der Waals surface area contributed by atoms with Gasteiger partial charge in [-0.1, -0.05) is 0 Å². The number of nitrogens with one attached hydrogen (secondary N) is 1. The van der Waals surface area contributed by atoms with E-state index in [0.29, 0.717) is 6.54 Å². The van der Waals surface area contributed by atoms with E-state index < -0.39 is 0 Å². The molecule has 0 atom stereocenters. The Morgan fingerprint density at radius 1 is 1.33 bits per heavy atom. The van der Waals surface area contributed by atoms with Crippen LogP contribution in [0.5, 0.6) is 5.75 Å². The number of nitrogens with zero attached hydrogens (tertiary/aromatic N) is 1. The highest BCUT2D eigenvalue weighted by Gasteiger charge is 2.15. The lowest BCUT2D eigenvalue weighted by Gasteiger charge is -2.16. The lowest BCUT2D eigenvalue weighted by molar-refractivity contribution is 0.415. The molecular formula is C12H16N2O. The monoisotopic (exact) mass is 204 g/mol. The van der Waals surface area contributed by atoms with Gasteiger partial charge in [0.2, 0.25) is 0 Å². The minimum Gasteiger partial charge on any atom is -0.497 e. The predicted molar refractivity (Wildman–Crippen MR) is 60.9 cm³/mol. The fourth-order valence-corrected chi connectivity index (χ4v) is 1.07. The Labute approximate surface area is 90.7 Å². The van der Waals surface area contributed by atoms with E-state index >= 15 is 0 Å². The smallest absolute Gasteiger partial charge is 0.119 e. The molecule has 0 radical (unpaired) electrons. The van der Waals surface area contributed by atoms with Gasteiger partial charge in [0.25, 0.3) is 0 Å². The van der Waals surface area contributed by atoms with Gasteiger partial charge in [-0.05, 0) is 38.1 Å². The number of anilines is 1. The molecule has 0 aliphatic heterocycles. The van der Waals surface area contributed by atoms with Gasteiger partial charge in [-0.3, -0.25) is 0 Å². The lowest BCUT2D eigenvalue weighted by atomic mass is 9.96. The highest BCUT2D eigenvalue weighted by atomic mass is 16.5. The van der Waals surface area contributed by atoms with Crippen LogP contribution < -0.4 is 10.1 Å². The summed E-state index contributed by atoms with van der Waals surface area (Å²) < 4.78 is 5.06. The summed E-state index contributed by atoms with van der Waals surface area (Å²) in [5, 5.41) is 12.1. The van der Waals surface area contributed by atoms with Crippen molar-refractivity contribution < 1.29 is 4.74 Å². The van der Waals surface area contributed by atoms with Crippen LogP contribution in [-0.2, 0) is 0 Å². The molecule has 15 heavy (non-hydrogen) atoms. The number of benzene rings is 1. The van der Waals surface area contributed by atoms with E-state index in [1.165, 1.54) is 0 Å². The molecule has 0 heterocycles. The third kappa shape index (κ3) is 3.51. The molecule has 0 amide bonds. The third-order valence-electron chi connectivity index (χ3n) is 2.13. The van der Waals surface area contributed by atoms with Crippen LogP contribution in [-0.4, -0.2) is 13.7 Å². The summed E-state index contributed by atoms with van der Waals surface area (Å²) in [4.78, 5) is 0. The van der Waals surface area contributed by atoms with Crippen molar-refractivity contribution in [2.24, 2.45) is 5.41 Å². The average molecular weight is 204 g/mol. The van der Waals surface area contributed by atoms with E-state index in [2.05, 4.69) is 11.4 Å². The number of rotatable bonds is 4. The molecule has 0 aromatic heterocycles. The highest BCUT2D eigenvalue weighted by Crippen LogP contribution is 2.18. The van der Waals surface area contributed by atoms with Gasteiger partial charge >= 0.3 is 0 Å². The molecule has 1 N–H and O–H groups in total. The number of nitriles is 1. The van der Waals surface area contributed by atoms with Crippen LogP contribution in [0.3, 0.4) is 0 Å². The lowest BCUT2D eigenvalue weighted by Crippen LogP contribution is -2.20. The van der Waals surface area contributed by atoms with Crippen molar-refractivity contribution in [3.05, 3.63) is 24.3 Å². The molecule has 1 aromatic carbocycles. The summed E-state index contributed by atoms with van der Waals surface area (Å²) in [7, 11) is 1.64. The molecule has 3 nitrogen and oxygen atoms in total. The number of ether oxygens (including phenoxy) is 1. The topological polar surface area (TPSA) is 45.0 Å². The second-order valence-electron chi connectivity index (χ2n) is 4.08. The summed E-state index contributed by atoms with van der Waals surface area (Å²) in [6.45, 7) is 4.45. The van der Waals surface area contributed by atoms with Gasteiger partial charge in [0.05, 0.1) is 18.6 Å². The first-order valence-corrected chi connectivity index (χ1v) is 4.86. The standard InChI is InChI=1S/C12H16N2O/c1-12(2,8-13)9-14-10-4-6-11(15-3)7-5-10/h4-7,14H,9H2,1-3H3. The Morgan fingerprint density at radius 3 is 2.40 bits per heavy atom. The quantitative estimate of drug-likeness (QED) is 0.820. The first-order chi connectivity index (χ1) is 7.07. The molecule has 0 saturated carbocycles. The zero-order chi connectivity index (χ0) is 11.3. The van der Waals surface area contributed by atoms with E-state index in [0.717, 1.165) is 11.4 Å². The van der Waals surface area contributed by atoms with Crippen LogP contribution in [0.15, 0.2) is 24.3 Å². The van der Waals surface area contributed by atoms with Crippen LogP contribution in [0.4, 0.5) is 5.69 Å². The van der Waals surface area contributed by atoms with Crippen LogP contribution in [0.2, 0.25) is 0 Å². The maximum absolute atomic E-state index is 8.84. The molecule has 0 unspecified atom stereocenters. The average Bonchev–Trinajstić information content (AvgIpc) is 2.27. The Balaban J connectivity index is 2.56. The number of hydrogen-bond donors (Lipinski definition) is 1. The first-order valence-electron chi connectivity index (χ1n) is 4.86. The fourth-order valence-electron chi connectivity index (χ4n) is 1.07. The number of hydrogen-bond acceptors (Lipinski definition) is 3. The molecule has 0 bridgehead atoms. The summed E-state index contributed by atoms with van der Waals surface area (Å²) in [5.74, 6) is 0.833. The molecule has 1 rings (SSSR count). The molecule has 0 aliphatic carbocycles. The molecule has 0 spiro atoms. The predicted octanol–water partition coefficient (Wildman–Crippen LogP) is 2.66.